The van der Waals surface area contributed by atoms with Gasteiger partial charge in [0.05, 0.1) is 11.5 Å². The molecule has 3 rings (SSSR count). The second kappa shape index (κ2) is 5.13. The number of carboxylic acids is 1. The van der Waals surface area contributed by atoms with Gasteiger partial charge < -0.3 is 10.2 Å². The Hall–Kier alpha value is -1.35. The van der Waals surface area contributed by atoms with Crippen molar-refractivity contribution in [2.24, 2.45) is 23.7 Å². The molecule has 0 spiro atoms. The molecule has 0 aromatic heterocycles. The number of aliphatic carboxylic acids is 1. The first-order chi connectivity index (χ1) is 9.94. The predicted molar refractivity (Wildman–Crippen MR) is 81.0 cm³/mol. The maximum atomic E-state index is 11.8. The Balaban J connectivity index is 2.03. The van der Waals surface area contributed by atoms with E-state index in [1.807, 2.05) is 26.0 Å². The molecule has 3 heteroatoms. The lowest BCUT2D eigenvalue weighted by Crippen LogP contribution is -2.52. The number of rotatable bonds is 3. The summed E-state index contributed by atoms with van der Waals surface area (Å²) in [5.41, 5.74) is 1.51. The molecule has 2 bridgehead atoms. The van der Waals surface area contributed by atoms with E-state index in [0.29, 0.717) is 0 Å². The first kappa shape index (κ1) is 14.6. The van der Waals surface area contributed by atoms with Gasteiger partial charge in [0, 0.05) is 0 Å². The largest absolute Gasteiger partial charge is 0.481 e. The van der Waals surface area contributed by atoms with Gasteiger partial charge in [-0.15, -0.1) is 0 Å². The molecule has 2 aliphatic carbocycles. The molecule has 1 fully saturated rings. The monoisotopic (exact) mass is 288 g/mol. The van der Waals surface area contributed by atoms with Crippen LogP contribution in [0.4, 0.5) is 0 Å². The van der Waals surface area contributed by atoms with Gasteiger partial charge in [-0.05, 0) is 54.6 Å². The highest BCUT2D eigenvalue weighted by atomic mass is 16.4. The van der Waals surface area contributed by atoms with Gasteiger partial charge in [0.25, 0.3) is 0 Å². The Labute approximate surface area is 126 Å². The summed E-state index contributed by atoms with van der Waals surface area (Å²) in [7, 11) is 0. The third-order valence-electron chi connectivity index (χ3n) is 5.65. The molecule has 2 N–H and O–H groups in total. The van der Waals surface area contributed by atoms with E-state index < -0.39 is 17.5 Å². The number of fused-ring (bicyclic) bond motifs is 3. The summed E-state index contributed by atoms with van der Waals surface area (Å²) in [5, 5.41) is 21.1. The van der Waals surface area contributed by atoms with E-state index in [2.05, 4.69) is 12.1 Å². The zero-order valence-electron chi connectivity index (χ0n) is 12.7. The minimum Gasteiger partial charge on any atom is -0.481 e. The predicted octanol–water partition coefficient (Wildman–Crippen LogP) is 2.90. The molecule has 1 aromatic rings. The van der Waals surface area contributed by atoms with Crippen molar-refractivity contribution in [1.82, 2.24) is 0 Å². The van der Waals surface area contributed by atoms with Crippen LogP contribution < -0.4 is 0 Å². The summed E-state index contributed by atoms with van der Waals surface area (Å²) in [6, 6.07) is 8.32. The van der Waals surface area contributed by atoms with Crippen LogP contribution >= 0.6 is 0 Å². The summed E-state index contributed by atoms with van der Waals surface area (Å²) in [6.07, 6.45) is 3.48. The third kappa shape index (κ3) is 2.18. The van der Waals surface area contributed by atoms with E-state index in [4.69, 9.17) is 0 Å². The van der Waals surface area contributed by atoms with Gasteiger partial charge in [-0.1, -0.05) is 38.1 Å². The quantitative estimate of drug-likeness (QED) is 0.899. The molecule has 21 heavy (non-hydrogen) atoms. The smallest absolute Gasteiger partial charge is 0.309 e. The molecule has 0 saturated heterocycles. The Morgan fingerprint density at radius 2 is 1.62 bits per heavy atom. The number of hydrogen-bond acceptors (Lipinski definition) is 2. The van der Waals surface area contributed by atoms with Crippen molar-refractivity contribution in [3.8, 4) is 0 Å². The van der Waals surface area contributed by atoms with Gasteiger partial charge in [0.1, 0.15) is 0 Å². The maximum Gasteiger partial charge on any atom is 0.309 e. The number of hydrogen-bond donors (Lipinski definition) is 2. The Kier molecular flexibility index (Phi) is 3.56. The van der Waals surface area contributed by atoms with Gasteiger partial charge in [-0.25, -0.2) is 0 Å². The molecule has 1 saturated carbocycles. The van der Waals surface area contributed by atoms with Crippen LogP contribution in [0.3, 0.4) is 0 Å². The van der Waals surface area contributed by atoms with Crippen LogP contribution in [0, 0.1) is 23.7 Å². The van der Waals surface area contributed by atoms with Gasteiger partial charge in [0.2, 0.25) is 0 Å². The fourth-order valence-electron chi connectivity index (χ4n) is 4.74. The summed E-state index contributed by atoms with van der Waals surface area (Å²) >= 11 is 0. The zero-order chi connectivity index (χ0) is 15.2. The standard InChI is InChI=1S/C18H24O3/c1-11(2)16(17(19)20)18(21)14-7-8-15(18)10-13-6-4-3-5-12(13)9-14/h3-6,11,14-16,21H,7-10H2,1-2H3,(H,19,20). The molecule has 3 nitrogen and oxygen atoms in total. The number of aliphatic hydroxyl groups is 1. The molecule has 0 radical (unpaired) electrons. The van der Waals surface area contributed by atoms with E-state index in [1.54, 1.807) is 0 Å². The van der Waals surface area contributed by atoms with Gasteiger partial charge >= 0.3 is 5.97 Å². The third-order valence-corrected chi connectivity index (χ3v) is 5.65. The summed E-state index contributed by atoms with van der Waals surface area (Å²) < 4.78 is 0. The second-order valence-electron chi connectivity index (χ2n) is 7.10. The van der Waals surface area contributed by atoms with E-state index in [1.165, 1.54) is 11.1 Å². The molecule has 3 atom stereocenters. The van der Waals surface area contributed by atoms with E-state index in [9.17, 15) is 15.0 Å². The van der Waals surface area contributed by atoms with Crippen LogP contribution in [0.1, 0.15) is 37.8 Å². The highest BCUT2D eigenvalue weighted by Gasteiger charge is 2.57. The topological polar surface area (TPSA) is 57.5 Å². The minimum absolute atomic E-state index is 0.0585. The van der Waals surface area contributed by atoms with E-state index >= 15 is 0 Å². The maximum absolute atomic E-state index is 11.8. The number of carboxylic acid groups (broad SMARTS) is 1. The van der Waals surface area contributed by atoms with Gasteiger partial charge in [-0.3, -0.25) is 4.79 Å². The summed E-state index contributed by atoms with van der Waals surface area (Å²) in [6.45, 7) is 3.82. The Morgan fingerprint density at radius 3 is 2.00 bits per heavy atom. The van der Waals surface area contributed by atoms with Gasteiger partial charge in [-0.2, -0.15) is 0 Å². The lowest BCUT2D eigenvalue weighted by molar-refractivity contribution is -0.165. The lowest BCUT2D eigenvalue weighted by atomic mass is 9.68. The van der Waals surface area contributed by atoms with Crippen molar-refractivity contribution in [3.05, 3.63) is 35.4 Å². The number of carbonyl (C=O) groups is 1. The first-order valence-corrected chi connectivity index (χ1v) is 7.96. The number of benzene rings is 1. The average molecular weight is 288 g/mol. The Bertz CT molecular complexity index is 516. The summed E-state index contributed by atoms with van der Waals surface area (Å²) in [5.74, 6) is -1.46. The first-order valence-electron chi connectivity index (χ1n) is 7.96. The zero-order valence-corrected chi connectivity index (χ0v) is 12.7. The average Bonchev–Trinajstić information content (AvgIpc) is 2.60. The van der Waals surface area contributed by atoms with E-state index in [0.717, 1.165) is 25.7 Å². The van der Waals surface area contributed by atoms with E-state index in [-0.39, 0.29) is 17.8 Å². The highest BCUT2D eigenvalue weighted by molar-refractivity contribution is 5.72. The fraction of sp³-hybridized carbons (Fsp3) is 0.611. The van der Waals surface area contributed by atoms with Gasteiger partial charge in [0.15, 0.2) is 0 Å². The van der Waals surface area contributed by atoms with Crippen LogP contribution in [-0.2, 0) is 17.6 Å². The Morgan fingerprint density at radius 1 is 1.14 bits per heavy atom. The van der Waals surface area contributed by atoms with Crippen LogP contribution in [0.2, 0.25) is 0 Å². The van der Waals surface area contributed by atoms with Crippen LogP contribution in [0.15, 0.2) is 24.3 Å². The van der Waals surface area contributed by atoms with Crippen molar-refractivity contribution >= 4 is 5.97 Å². The van der Waals surface area contributed by atoms with Crippen molar-refractivity contribution in [2.45, 2.75) is 45.1 Å². The van der Waals surface area contributed by atoms with Crippen LogP contribution in [0.25, 0.3) is 0 Å². The second-order valence-corrected chi connectivity index (χ2v) is 7.10. The molecule has 1 aromatic carbocycles. The molecular weight excluding hydrogens is 264 g/mol. The van der Waals surface area contributed by atoms with Crippen molar-refractivity contribution < 1.29 is 15.0 Å². The highest BCUT2D eigenvalue weighted by Crippen LogP contribution is 2.52. The molecule has 3 unspecified atom stereocenters. The molecule has 0 heterocycles. The van der Waals surface area contributed by atoms with Crippen molar-refractivity contribution in [2.75, 3.05) is 0 Å². The molecule has 114 valence electrons. The van der Waals surface area contributed by atoms with Crippen molar-refractivity contribution in [1.29, 1.82) is 0 Å². The van der Waals surface area contributed by atoms with Crippen LogP contribution in [-0.4, -0.2) is 21.8 Å². The lowest BCUT2D eigenvalue weighted by Gasteiger charge is -2.40. The van der Waals surface area contributed by atoms with Crippen molar-refractivity contribution in [3.63, 3.8) is 0 Å². The SMILES string of the molecule is CC(C)C(C(=O)O)C1(O)C2CCC1Cc1ccccc1C2. The molecule has 0 aliphatic heterocycles. The molecule has 2 aliphatic rings. The summed E-state index contributed by atoms with van der Waals surface area (Å²) in [4.78, 5) is 11.8. The molecule has 0 amide bonds. The molecular formula is C18H24O3. The van der Waals surface area contributed by atoms with Crippen LogP contribution in [0.5, 0.6) is 0 Å². The minimum atomic E-state index is -1.07. The fourth-order valence-corrected chi connectivity index (χ4v) is 4.74. The normalized spacial score (nSPS) is 32.6.